The van der Waals surface area contributed by atoms with Crippen LogP contribution in [0.5, 0.6) is 0 Å². The lowest BCUT2D eigenvalue weighted by atomic mass is 9.87. The molecule has 1 aliphatic heterocycles. The number of carbonyl (C=O) groups excluding carboxylic acids is 1. The predicted octanol–water partition coefficient (Wildman–Crippen LogP) is 5.69. The van der Waals surface area contributed by atoms with Crippen molar-refractivity contribution in [3.8, 4) is 0 Å². The number of aryl methyl sites for hydroxylation is 1. The molecule has 2 nitrogen and oxygen atoms in total. The number of carbonyl (C=O) groups is 1. The summed E-state index contributed by atoms with van der Waals surface area (Å²) in [4.78, 5) is 15.3. The smallest absolute Gasteiger partial charge is 0.254 e. The highest BCUT2D eigenvalue weighted by atomic mass is 35.5. The van der Waals surface area contributed by atoms with Gasteiger partial charge >= 0.3 is 0 Å². The van der Waals surface area contributed by atoms with Crippen LogP contribution in [0.15, 0.2) is 72.8 Å². The zero-order valence-electron chi connectivity index (χ0n) is 15.4. The van der Waals surface area contributed by atoms with E-state index in [0.29, 0.717) is 11.6 Å². The second-order valence-corrected chi connectivity index (χ2v) is 7.33. The van der Waals surface area contributed by atoms with E-state index >= 15 is 0 Å². The molecule has 4 rings (SSSR count). The Bertz CT molecular complexity index is 964. The summed E-state index contributed by atoms with van der Waals surface area (Å²) >= 11 is 6.54. The third-order valence-electron chi connectivity index (χ3n) is 5.35. The molecule has 0 saturated carbocycles. The van der Waals surface area contributed by atoms with Crippen molar-refractivity contribution in [3.05, 3.63) is 106 Å². The topological polar surface area (TPSA) is 20.3 Å². The standard InChI is InChI=1S/C24H22ClNO/c1-2-17-11-13-19(14-12-17)24(27)26-16-15-18-7-3-4-8-20(18)23(26)21-9-5-6-10-22(21)25/h3-14,23H,2,15-16H2,1H3. The third kappa shape index (κ3) is 3.38. The first-order valence-corrected chi connectivity index (χ1v) is 9.79. The van der Waals surface area contributed by atoms with Crippen LogP contribution in [-0.2, 0) is 12.8 Å². The molecular formula is C24H22ClNO. The van der Waals surface area contributed by atoms with Gasteiger partial charge in [-0.15, -0.1) is 0 Å². The first-order chi connectivity index (χ1) is 13.2. The minimum atomic E-state index is -0.165. The van der Waals surface area contributed by atoms with Gasteiger partial charge in [0.2, 0.25) is 0 Å². The van der Waals surface area contributed by atoms with Gasteiger partial charge in [-0.05, 0) is 53.3 Å². The second kappa shape index (κ2) is 7.58. The number of amides is 1. The van der Waals surface area contributed by atoms with Crippen molar-refractivity contribution in [3.63, 3.8) is 0 Å². The summed E-state index contributed by atoms with van der Waals surface area (Å²) in [5, 5.41) is 0.693. The Kier molecular flexibility index (Phi) is 5.00. The van der Waals surface area contributed by atoms with E-state index in [-0.39, 0.29) is 11.9 Å². The first-order valence-electron chi connectivity index (χ1n) is 9.41. The number of benzene rings is 3. The molecule has 1 unspecified atom stereocenters. The van der Waals surface area contributed by atoms with Gasteiger partial charge in [-0.1, -0.05) is 73.1 Å². The highest BCUT2D eigenvalue weighted by Gasteiger charge is 2.33. The highest BCUT2D eigenvalue weighted by molar-refractivity contribution is 6.31. The lowest BCUT2D eigenvalue weighted by molar-refractivity contribution is 0.0694. The van der Waals surface area contributed by atoms with Crippen LogP contribution in [0.3, 0.4) is 0 Å². The van der Waals surface area contributed by atoms with Crippen molar-refractivity contribution in [2.45, 2.75) is 25.8 Å². The quantitative estimate of drug-likeness (QED) is 0.575. The number of halogens is 1. The Hall–Kier alpha value is -2.58. The molecule has 1 aliphatic rings. The van der Waals surface area contributed by atoms with E-state index in [1.807, 2.05) is 59.5 Å². The van der Waals surface area contributed by atoms with Crippen LogP contribution < -0.4 is 0 Å². The van der Waals surface area contributed by atoms with E-state index in [1.165, 1.54) is 11.1 Å². The van der Waals surface area contributed by atoms with Crippen molar-refractivity contribution < 1.29 is 4.79 Å². The Balaban J connectivity index is 1.78. The van der Waals surface area contributed by atoms with Crippen molar-refractivity contribution in [2.75, 3.05) is 6.54 Å². The maximum Gasteiger partial charge on any atom is 0.254 e. The van der Waals surface area contributed by atoms with Crippen LogP contribution in [0, 0.1) is 0 Å². The molecule has 1 heterocycles. The molecule has 0 N–H and O–H groups in total. The fourth-order valence-electron chi connectivity index (χ4n) is 3.87. The summed E-state index contributed by atoms with van der Waals surface area (Å²) in [7, 11) is 0. The molecule has 27 heavy (non-hydrogen) atoms. The van der Waals surface area contributed by atoms with Crippen LogP contribution in [0.1, 0.15) is 45.6 Å². The van der Waals surface area contributed by atoms with E-state index in [4.69, 9.17) is 11.6 Å². The van der Waals surface area contributed by atoms with Gasteiger partial charge in [-0.3, -0.25) is 4.79 Å². The molecule has 0 aliphatic carbocycles. The number of nitrogens with zero attached hydrogens (tertiary/aromatic N) is 1. The van der Waals surface area contributed by atoms with Gasteiger partial charge in [0.15, 0.2) is 0 Å². The molecule has 1 amide bonds. The van der Waals surface area contributed by atoms with Gasteiger partial charge < -0.3 is 4.90 Å². The van der Waals surface area contributed by atoms with Crippen LogP contribution >= 0.6 is 11.6 Å². The Labute approximate surface area is 165 Å². The van der Waals surface area contributed by atoms with Gasteiger partial charge in [0.05, 0.1) is 6.04 Å². The molecule has 136 valence electrons. The SMILES string of the molecule is CCc1ccc(C(=O)N2CCc3ccccc3C2c2ccccc2Cl)cc1. The van der Waals surface area contributed by atoms with Gasteiger partial charge in [0, 0.05) is 17.1 Å². The van der Waals surface area contributed by atoms with E-state index in [2.05, 4.69) is 25.1 Å². The summed E-state index contributed by atoms with van der Waals surface area (Å²) in [6, 6.07) is 24.0. The zero-order chi connectivity index (χ0) is 18.8. The summed E-state index contributed by atoms with van der Waals surface area (Å²) < 4.78 is 0. The maximum absolute atomic E-state index is 13.4. The molecule has 0 aromatic heterocycles. The van der Waals surface area contributed by atoms with Gasteiger partial charge in [0.1, 0.15) is 0 Å². The largest absolute Gasteiger partial charge is 0.327 e. The second-order valence-electron chi connectivity index (χ2n) is 6.92. The van der Waals surface area contributed by atoms with Gasteiger partial charge in [-0.25, -0.2) is 0 Å². The van der Waals surface area contributed by atoms with Gasteiger partial charge in [0.25, 0.3) is 5.91 Å². The molecule has 0 spiro atoms. The summed E-state index contributed by atoms with van der Waals surface area (Å²) in [5.41, 5.74) is 5.38. The number of fused-ring (bicyclic) bond motifs is 1. The van der Waals surface area contributed by atoms with E-state index in [9.17, 15) is 4.79 Å². The molecule has 0 saturated heterocycles. The average molecular weight is 376 g/mol. The van der Waals surface area contributed by atoms with Crippen LogP contribution in [0.4, 0.5) is 0 Å². The Morgan fingerprint density at radius 3 is 2.33 bits per heavy atom. The lowest BCUT2D eigenvalue weighted by Gasteiger charge is -2.38. The van der Waals surface area contributed by atoms with Crippen molar-refractivity contribution in [2.24, 2.45) is 0 Å². The van der Waals surface area contributed by atoms with Crippen molar-refractivity contribution in [1.82, 2.24) is 4.90 Å². The summed E-state index contributed by atoms with van der Waals surface area (Å²) in [6.07, 6.45) is 1.82. The number of hydrogen-bond donors (Lipinski definition) is 0. The normalized spacial score (nSPS) is 16.1. The zero-order valence-corrected chi connectivity index (χ0v) is 16.1. The van der Waals surface area contributed by atoms with Crippen LogP contribution in [0.2, 0.25) is 5.02 Å². The Morgan fingerprint density at radius 2 is 1.63 bits per heavy atom. The third-order valence-corrected chi connectivity index (χ3v) is 5.70. The molecule has 0 radical (unpaired) electrons. The van der Waals surface area contributed by atoms with Gasteiger partial charge in [-0.2, -0.15) is 0 Å². The predicted molar refractivity (Wildman–Crippen MR) is 110 cm³/mol. The molecule has 0 bridgehead atoms. The summed E-state index contributed by atoms with van der Waals surface area (Å²) in [6.45, 7) is 2.80. The van der Waals surface area contributed by atoms with Crippen LogP contribution in [0.25, 0.3) is 0 Å². The monoisotopic (exact) mass is 375 g/mol. The molecule has 3 heteroatoms. The average Bonchev–Trinajstić information content (AvgIpc) is 2.73. The van der Waals surface area contributed by atoms with Crippen molar-refractivity contribution >= 4 is 17.5 Å². The minimum Gasteiger partial charge on any atom is -0.327 e. The number of hydrogen-bond acceptors (Lipinski definition) is 1. The van der Waals surface area contributed by atoms with E-state index < -0.39 is 0 Å². The molecule has 1 atom stereocenters. The van der Waals surface area contributed by atoms with E-state index in [0.717, 1.165) is 29.5 Å². The fraction of sp³-hybridized carbons (Fsp3) is 0.208. The highest BCUT2D eigenvalue weighted by Crippen LogP contribution is 2.38. The summed E-state index contributed by atoms with van der Waals surface area (Å²) in [5.74, 6) is 0.0528. The minimum absolute atomic E-state index is 0.0528. The molecule has 3 aromatic carbocycles. The fourth-order valence-corrected chi connectivity index (χ4v) is 4.11. The molecule has 3 aromatic rings. The molecule has 0 fully saturated rings. The van der Waals surface area contributed by atoms with Crippen LogP contribution in [-0.4, -0.2) is 17.4 Å². The van der Waals surface area contributed by atoms with Crippen molar-refractivity contribution in [1.29, 1.82) is 0 Å². The number of rotatable bonds is 3. The first kappa shape index (κ1) is 17.8. The molecular weight excluding hydrogens is 354 g/mol. The maximum atomic E-state index is 13.4. The lowest BCUT2D eigenvalue weighted by Crippen LogP contribution is -2.40. The Morgan fingerprint density at radius 1 is 0.963 bits per heavy atom. The van der Waals surface area contributed by atoms with E-state index in [1.54, 1.807) is 0 Å².